The number of hydrogen-bond donors (Lipinski definition) is 1. The normalized spacial score (nSPS) is 10.1. The van der Waals surface area contributed by atoms with Gasteiger partial charge in [-0.15, -0.1) is 0 Å². The molecule has 1 N–H and O–H groups in total. The highest BCUT2D eigenvalue weighted by atomic mass is 16.5. The van der Waals surface area contributed by atoms with Crippen molar-refractivity contribution in [2.75, 3.05) is 0 Å². The van der Waals surface area contributed by atoms with Crippen LogP contribution < -0.4 is 4.74 Å². The SMILES string of the molecule is Cc1cc(CO)ccc1Oc1cccnc1. The van der Waals surface area contributed by atoms with Crippen LogP contribution in [0.5, 0.6) is 11.5 Å². The molecule has 0 radical (unpaired) electrons. The minimum atomic E-state index is 0.0496. The van der Waals surface area contributed by atoms with Crippen molar-refractivity contribution in [1.29, 1.82) is 0 Å². The van der Waals surface area contributed by atoms with Crippen LogP contribution in [-0.2, 0) is 6.61 Å². The van der Waals surface area contributed by atoms with Gasteiger partial charge in [-0.25, -0.2) is 0 Å². The molecule has 0 spiro atoms. The van der Waals surface area contributed by atoms with E-state index in [4.69, 9.17) is 9.84 Å². The topological polar surface area (TPSA) is 42.4 Å². The van der Waals surface area contributed by atoms with Crippen molar-refractivity contribution in [2.45, 2.75) is 13.5 Å². The number of nitrogens with zero attached hydrogens (tertiary/aromatic N) is 1. The van der Waals surface area contributed by atoms with E-state index in [-0.39, 0.29) is 6.61 Å². The molecule has 0 bridgehead atoms. The minimum Gasteiger partial charge on any atom is -0.455 e. The van der Waals surface area contributed by atoms with Gasteiger partial charge in [-0.1, -0.05) is 12.1 Å². The molecule has 3 nitrogen and oxygen atoms in total. The van der Waals surface area contributed by atoms with Crippen LogP contribution >= 0.6 is 0 Å². The summed E-state index contributed by atoms with van der Waals surface area (Å²) in [7, 11) is 0. The first-order chi connectivity index (χ1) is 7.79. The fourth-order valence-electron chi connectivity index (χ4n) is 1.46. The van der Waals surface area contributed by atoms with Crippen LogP contribution in [0.2, 0.25) is 0 Å². The maximum atomic E-state index is 8.99. The average molecular weight is 215 g/mol. The molecule has 0 saturated heterocycles. The fourth-order valence-corrected chi connectivity index (χ4v) is 1.46. The van der Waals surface area contributed by atoms with Gasteiger partial charge >= 0.3 is 0 Å². The second-order valence-corrected chi connectivity index (χ2v) is 3.55. The monoisotopic (exact) mass is 215 g/mol. The first-order valence-electron chi connectivity index (χ1n) is 5.08. The second kappa shape index (κ2) is 4.77. The van der Waals surface area contributed by atoms with Gasteiger partial charge in [-0.05, 0) is 36.2 Å². The Bertz CT molecular complexity index is 469. The second-order valence-electron chi connectivity index (χ2n) is 3.55. The highest BCUT2D eigenvalue weighted by Crippen LogP contribution is 2.24. The van der Waals surface area contributed by atoms with E-state index in [9.17, 15) is 0 Å². The molecule has 3 heteroatoms. The van der Waals surface area contributed by atoms with Gasteiger partial charge in [0.15, 0.2) is 0 Å². The van der Waals surface area contributed by atoms with E-state index in [0.29, 0.717) is 5.75 Å². The average Bonchev–Trinajstić information content (AvgIpc) is 2.33. The minimum absolute atomic E-state index is 0.0496. The van der Waals surface area contributed by atoms with Crippen LogP contribution in [0.4, 0.5) is 0 Å². The Morgan fingerprint density at radius 2 is 2.19 bits per heavy atom. The molecule has 0 atom stereocenters. The van der Waals surface area contributed by atoms with Gasteiger partial charge in [0, 0.05) is 6.20 Å². The Balaban J connectivity index is 2.22. The molecule has 2 rings (SSSR count). The van der Waals surface area contributed by atoms with Gasteiger partial charge in [-0.2, -0.15) is 0 Å². The van der Waals surface area contributed by atoms with Crippen molar-refractivity contribution in [1.82, 2.24) is 4.98 Å². The van der Waals surface area contributed by atoms with Crippen molar-refractivity contribution >= 4 is 0 Å². The van der Waals surface area contributed by atoms with Crippen LogP contribution in [-0.4, -0.2) is 10.1 Å². The van der Waals surface area contributed by atoms with Gasteiger partial charge in [0.05, 0.1) is 12.8 Å². The number of hydrogen-bond acceptors (Lipinski definition) is 3. The van der Waals surface area contributed by atoms with E-state index < -0.39 is 0 Å². The molecule has 2 aromatic rings. The lowest BCUT2D eigenvalue weighted by atomic mass is 10.1. The molecule has 1 aromatic heterocycles. The standard InChI is InChI=1S/C13H13NO2/c1-10-7-11(9-15)4-5-13(10)16-12-3-2-6-14-8-12/h2-8,15H,9H2,1H3. The van der Waals surface area contributed by atoms with Crippen molar-refractivity contribution in [2.24, 2.45) is 0 Å². The first kappa shape index (κ1) is 10.6. The Morgan fingerprint density at radius 3 is 2.81 bits per heavy atom. The predicted octanol–water partition coefficient (Wildman–Crippen LogP) is 2.67. The Morgan fingerprint density at radius 1 is 1.31 bits per heavy atom. The Hall–Kier alpha value is -1.87. The third-order valence-corrected chi connectivity index (χ3v) is 2.28. The molecule has 0 saturated carbocycles. The van der Waals surface area contributed by atoms with Crippen LogP contribution in [0, 0.1) is 6.92 Å². The molecule has 0 aliphatic carbocycles. The molecule has 0 aliphatic rings. The summed E-state index contributed by atoms with van der Waals surface area (Å²) >= 11 is 0. The zero-order valence-electron chi connectivity index (χ0n) is 9.05. The molecule has 16 heavy (non-hydrogen) atoms. The lowest BCUT2D eigenvalue weighted by Gasteiger charge is -2.09. The molecule has 1 heterocycles. The van der Waals surface area contributed by atoms with Gasteiger partial charge in [0.2, 0.25) is 0 Å². The van der Waals surface area contributed by atoms with Gasteiger partial charge in [0.1, 0.15) is 11.5 Å². The molecule has 0 fully saturated rings. The van der Waals surface area contributed by atoms with E-state index in [1.54, 1.807) is 12.4 Å². The zero-order valence-corrected chi connectivity index (χ0v) is 9.05. The summed E-state index contributed by atoms with van der Waals surface area (Å²) in [6.45, 7) is 2.00. The quantitative estimate of drug-likeness (QED) is 0.855. The third kappa shape index (κ3) is 2.38. The number of rotatable bonds is 3. The number of pyridine rings is 1. The van der Waals surface area contributed by atoms with Crippen molar-refractivity contribution in [3.05, 3.63) is 53.9 Å². The maximum absolute atomic E-state index is 8.99. The summed E-state index contributed by atoms with van der Waals surface area (Å²) in [4.78, 5) is 3.98. The number of ether oxygens (including phenoxy) is 1. The highest BCUT2D eigenvalue weighted by molar-refractivity contribution is 5.38. The number of benzene rings is 1. The molecular formula is C13H13NO2. The summed E-state index contributed by atoms with van der Waals surface area (Å²) in [6.07, 6.45) is 3.37. The maximum Gasteiger partial charge on any atom is 0.145 e. The van der Waals surface area contributed by atoms with Crippen molar-refractivity contribution in [3.8, 4) is 11.5 Å². The molecule has 0 aliphatic heterocycles. The lowest BCUT2D eigenvalue weighted by molar-refractivity contribution is 0.281. The summed E-state index contributed by atoms with van der Waals surface area (Å²) in [5, 5.41) is 8.99. The summed E-state index contributed by atoms with van der Waals surface area (Å²) < 4.78 is 5.66. The summed E-state index contributed by atoms with van der Waals surface area (Å²) in [5.74, 6) is 1.49. The molecule has 0 amide bonds. The molecule has 82 valence electrons. The van der Waals surface area contributed by atoms with Gasteiger partial charge < -0.3 is 9.84 Å². The Kier molecular flexibility index (Phi) is 3.17. The molecular weight excluding hydrogens is 202 g/mol. The van der Waals surface area contributed by atoms with Crippen molar-refractivity contribution in [3.63, 3.8) is 0 Å². The van der Waals surface area contributed by atoms with Crippen LogP contribution in [0.3, 0.4) is 0 Å². The van der Waals surface area contributed by atoms with Gasteiger partial charge in [-0.3, -0.25) is 4.98 Å². The Labute approximate surface area is 94.3 Å². The van der Waals surface area contributed by atoms with E-state index in [0.717, 1.165) is 16.9 Å². The predicted molar refractivity (Wildman–Crippen MR) is 61.4 cm³/mol. The van der Waals surface area contributed by atoms with Crippen molar-refractivity contribution < 1.29 is 9.84 Å². The fraction of sp³-hybridized carbons (Fsp3) is 0.154. The number of aliphatic hydroxyl groups excluding tert-OH is 1. The van der Waals surface area contributed by atoms with Crippen LogP contribution in [0.15, 0.2) is 42.7 Å². The number of aryl methyl sites for hydroxylation is 1. The summed E-state index contributed by atoms with van der Waals surface area (Å²) in [5.41, 5.74) is 1.88. The molecule has 0 unspecified atom stereocenters. The number of aromatic nitrogens is 1. The zero-order chi connectivity index (χ0) is 11.4. The third-order valence-electron chi connectivity index (χ3n) is 2.28. The van der Waals surface area contributed by atoms with E-state index in [1.807, 2.05) is 37.3 Å². The van der Waals surface area contributed by atoms with E-state index >= 15 is 0 Å². The summed E-state index contributed by atoms with van der Waals surface area (Å²) in [6, 6.07) is 9.29. The number of aliphatic hydroxyl groups is 1. The van der Waals surface area contributed by atoms with Crippen LogP contribution in [0.25, 0.3) is 0 Å². The van der Waals surface area contributed by atoms with Gasteiger partial charge in [0.25, 0.3) is 0 Å². The lowest BCUT2D eigenvalue weighted by Crippen LogP contribution is -1.90. The first-order valence-corrected chi connectivity index (χ1v) is 5.08. The largest absolute Gasteiger partial charge is 0.455 e. The molecule has 1 aromatic carbocycles. The van der Waals surface area contributed by atoms with E-state index in [2.05, 4.69) is 4.98 Å². The van der Waals surface area contributed by atoms with Crippen LogP contribution in [0.1, 0.15) is 11.1 Å². The highest BCUT2D eigenvalue weighted by Gasteiger charge is 2.02. The smallest absolute Gasteiger partial charge is 0.145 e. The van der Waals surface area contributed by atoms with E-state index in [1.165, 1.54) is 0 Å².